The van der Waals surface area contributed by atoms with Crippen molar-refractivity contribution in [2.45, 2.75) is 33.7 Å². The molecule has 144 valence electrons. The van der Waals surface area contributed by atoms with E-state index >= 15 is 0 Å². The van der Waals surface area contributed by atoms with Gasteiger partial charge < -0.3 is 10.8 Å². The number of benzene rings is 2. The average Bonchev–Trinajstić information content (AvgIpc) is 2.67. The largest absolute Gasteiger partial charge is 0.478 e. The number of aryl methyl sites for hydroxylation is 1. The topological polar surface area (TPSA) is 76.2 Å². The molecule has 1 aromatic heterocycles. The maximum absolute atomic E-state index is 12.4. The van der Waals surface area contributed by atoms with Crippen LogP contribution in [0, 0.1) is 12.8 Å². The Morgan fingerprint density at radius 3 is 2.21 bits per heavy atom. The van der Waals surface area contributed by atoms with Crippen molar-refractivity contribution in [1.29, 1.82) is 0 Å². The summed E-state index contributed by atoms with van der Waals surface area (Å²) in [6.07, 6.45) is 0.741. The van der Waals surface area contributed by atoms with E-state index in [4.69, 9.17) is 10.7 Å². The van der Waals surface area contributed by atoms with Gasteiger partial charge in [-0.3, -0.25) is 4.98 Å². The van der Waals surface area contributed by atoms with Crippen LogP contribution in [-0.2, 0) is 13.0 Å². The maximum atomic E-state index is 12.4. The number of aromatic carboxylic acids is 1. The number of pyridine rings is 1. The van der Waals surface area contributed by atoms with Crippen molar-refractivity contribution in [3.05, 3.63) is 77.0 Å². The Morgan fingerprint density at radius 1 is 1.04 bits per heavy atom. The number of rotatable bonds is 6. The van der Waals surface area contributed by atoms with Gasteiger partial charge in [-0.1, -0.05) is 74.0 Å². The summed E-state index contributed by atoms with van der Waals surface area (Å²) in [7, 11) is 0. The molecule has 2 aromatic carbocycles. The highest BCUT2D eigenvalue weighted by atomic mass is 16.4. The molecule has 0 radical (unpaired) electrons. The summed E-state index contributed by atoms with van der Waals surface area (Å²) < 4.78 is 0. The van der Waals surface area contributed by atoms with Gasteiger partial charge >= 0.3 is 5.97 Å². The molecule has 3 aromatic rings. The Morgan fingerprint density at radius 2 is 1.68 bits per heavy atom. The molecular formula is C24H26N2O2. The molecule has 1 heterocycles. The number of carboxylic acids is 1. The van der Waals surface area contributed by atoms with Crippen LogP contribution < -0.4 is 5.73 Å². The number of hydrogen-bond acceptors (Lipinski definition) is 3. The first kappa shape index (κ1) is 19.8. The van der Waals surface area contributed by atoms with Crippen LogP contribution in [0.3, 0.4) is 0 Å². The van der Waals surface area contributed by atoms with E-state index in [0.717, 1.165) is 34.4 Å². The van der Waals surface area contributed by atoms with Crippen molar-refractivity contribution in [1.82, 2.24) is 4.98 Å². The van der Waals surface area contributed by atoms with Crippen LogP contribution in [0.4, 0.5) is 0 Å². The minimum Gasteiger partial charge on any atom is -0.478 e. The lowest BCUT2D eigenvalue weighted by atomic mass is 9.88. The zero-order valence-corrected chi connectivity index (χ0v) is 16.6. The van der Waals surface area contributed by atoms with E-state index in [9.17, 15) is 9.90 Å². The lowest BCUT2D eigenvalue weighted by molar-refractivity contribution is 0.0698. The highest BCUT2D eigenvalue weighted by Crippen LogP contribution is 2.36. The Bertz CT molecular complexity index is 978. The molecule has 0 fully saturated rings. The smallest absolute Gasteiger partial charge is 0.338 e. The van der Waals surface area contributed by atoms with E-state index in [1.807, 2.05) is 61.5 Å². The number of aromatic nitrogens is 1. The number of nitrogens with zero attached hydrogens (tertiary/aromatic N) is 1. The zero-order chi connectivity index (χ0) is 20.3. The van der Waals surface area contributed by atoms with Gasteiger partial charge in [-0.25, -0.2) is 4.79 Å². The van der Waals surface area contributed by atoms with Gasteiger partial charge in [0.2, 0.25) is 0 Å². The highest BCUT2D eigenvalue weighted by molar-refractivity contribution is 6.03. The molecule has 0 aliphatic heterocycles. The lowest BCUT2D eigenvalue weighted by Gasteiger charge is -2.20. The van der Waals surface area contributed by atoms with Crippen LogP contribution in [0.1, 0.15) is 41.0 Å². The SMILES string of the molecule is Cc1ccc(-c2c(CN)c(CC(C)C)nc(-c3ccccc3)c2C(=O)O)cc1. The van der Waals surface area contributed by atoms with Crippen LogP contribution in [0.2, 0.25) is 0 Å². The third-order valence-electron chi connectivity index (χ3n) is 4.79. The summed E-state index contributed by atoms with van der Waals surface area (Å²) in [6.45, 7) is 6.51. The van der Waals surface area contributed by atoms with E-state index < -0.39 is 5.97 Å². The van der Waals surface area contributed by atoms with Crippen LogP contribution in [-0.4, -0.2) is 16.1 Å². The fourth-order valence-electron chi connectivity index (χ4n) is 3.50. The molecule has 0 saturated carbocycles. The van der Waals surface area contributed by atoms with Gasteiger partial charge in [0.05, 0.1) is 11.3 Å². The first-order valence-corrected chi connectivity index (χ1v) is 9.54. The number of hydrogen-bond donors (Lipinski definition) is 2. The van der Waals surface area contributed by atoms with E-state index in [1.165, 1.54) is 0 Å². The van der Waals surface area contributed by atoms with Crippen molar-refractivity contribution < 1.29 is 9.90 Å². The predicted octanol–water partition coefficient (Wildman–Crippen LogP) is 5.08. The molecule has 28 heavy (non-hydrogen) atoms. The van der Waals surface area contributed by atoms with Crippen LogP contribution in [0.5, 0.6) is 0 Å². The van der Waals surface area contributed by atoms with Gasteiger partial charge in [-0.15, -0.1) is 0 Å². The summed E-state index contributed by atoms with van der Waals surface area (Å²) in [4.78, 5) is 17.2. The van der Waals surface area contributed by atoms with Crippen molar-refractivity contribution in [2.24, 2.45) is 11.7 Å². The predicted molar refractivity (Wildman–Crippen MR) is 113 cm³/mol. The number of nitrogens with two attached hydrogens (primary N) is 1. The maximum Gasteiger partial charge on any atom is 0.338 e. The summed E-state index contributed by atoms with van der Waals surface area (Å²) in [5.41, 5.74) is 12.0. The number of carboxylic acid groups (broad SMARTS) is 1. The van der Waals surface area contributed by atoms with E-state index in [2.05, 4.69) is 13.8 Å². The molecule has 0 unspecified atom stereocenters. The Labute approximate surface area is 166 Å². The highest BCUT2D eigenvalue weighted by Gasteiger charge is 2.25. The molecule has 0 bridgehead atoms. The zero-order valence-electron chi connectivity index (χ0n) is 16.6. The first-order valence-electron chi connectivity index (χ1n) is 9.54. The van der Waals surface area contributed by atoms with Gasteiger partial charge in [0.1, 0.15) is 0 Å². The third kappa shape index (κ3) is 3.97. The second-order valence-corrected chi connectivity index (χ2v) is 7.47. The summed E-state index contributed by atoms with van der Waals surface area (Å²) in [5.74, 6) is -0.615. The fourth-order valence-corrected chi connectivity index (χ4v) is 3.50. The first-order chi connectivity index (χ1) is 13.4. The van der Waals surface area contributed by atoms with Crippen LogP contribution in [0.15, 0.2) is 54.6 Å². The van der Waals surface area contributed by atoms with Gasteiger partial charge in [0, 0.05) is 23.4 Å². The van der Waals surface area contributed by atoms with Crippen molar-refractivity contribution >= 4 is 5.97 Å². The molecule has 0 saturated heterocycles. The Hall–Kier alpha value is -2.98. The van der Waals surface area contributed by atoms with Gasteiger partial charge in [0.15, 0.2) is 0 Å². The normalized spacial score (nSPS) is 11.0. The molecule has 3 rings (SSSR count). The summed E-state index contributed by atoms with van der Waals surface area (Å²) in [5, 5.41) is 10.1. The molecule has 4 nitrogen and oxygen atoms in total. The molecule has 0 spiro atoms. The van der Waals surface area contributed by atoms with Crippen LogP contribution >= 0.6 is 0 Å². The average molecular weight is 374 g/mol. The quantitative estimate of drug-likeness (QED) is 0.631. The molecule has 0 aliphatic carbocycles. The fraction of sp³-hybridized carbons (Fsp3) is 0.250. The van der Waals surface area contributed by atoms with E-state index in [-0.39, 0.29) is 12.1 Å². The second kappa shape index (κ2) is 8.36. The van der Waals surface area contributed by atoms with Gasteiger partial charge in [0.25, 0.3) is 0 Å². The van der Waals surface area contributed by atoms with Gasteiger partial charge in [-0.05, 0) is 30.4 Å². The monoisotopic (exact) mass is 374 g/mol. The Balaban J connectivity index is 2.42. The molecule has 0 amide bonds. The molecule has 0 aliphatic rings. The Kier molecular flexibility index (Phi) is 5.90. The number of carbonyl (C=O) groups is 1. The minimum absolute atomic E-state index is 0.211. The molecular weight excluding hydrogens is 348 g/mol. The van der Waals surface area contributed by atoms with Gasteiger partial charge in [-0.2, -0.15) is 0 Å². The van der Waals surface area contributed by atoms with Crippen molar-refractivity contribution in [2.75, 3.05) is 0 Å². The summed E-state index contributed by atoms with van der Waals surface area (Å²) in [6, 6.07) is 17.4. The van der Waals surface area contributed by atoms with E-state index in [0.29, 0.717) is 17.2 Å². The van der Waals surface area contributed by atoms with Crippen LogP contribution in [0.25, 0.3) is 22.4 Å². The van der Waals surface area contributed by atoms with E-state index in [1.54, 1.807) is 0 Å². The molecule has 3 N–H and O–H groups in total. The second-order valence-electron chi connectivity index (χ2n) is 7.47. The van der Waals surface area contributed by atoms with Crippen molar-refractivity contribution in [3.63, 3.8) is 0 Å². The summed E-state index contributed by atoms with van der Waals surface area (Å²) >= 11 is 0. The third-order valence-corrected chi connectivity index (χ3v) is 4.79. The minimum atomic E-state index is -0.993. The molecule has 4 heteroatoms. The lowest BCUT2D eigenvalue weighted by Crippen LogP contribution is -2.15. The van der Waals surface area contributed by atoms with Crippen molar-refractivity contribution in [3.8, 4) is 22.4 Å². The molecule has 0 atom stereocenters. The standard InChI is InChI=1S/C24H26N2O2/c1-15(2)13-20-19(14-25)21(17-11-9-16(3)10-12-17)22(24(27)28)23(26-20)18-7-5-4-6-8-18/h4-12,15H,13-14,25H2,1-3H3,(H,27,28).